The second kappa shape index (κ2) is 4.99. The van der Waals surface area contributed by atoms with Crippen molar-refractivity contribution < 1.29 is 9.53 Å². The molecule has 0 atom stereocenters. The van der Waals surface area contributed by atoms with E-state index in [2.05, 4.69) is 5.32 Å². The first-order valence-corrected chi connectivity index (χ1v) is 5.45. The summed E-state index contributed by atoms with van der Waals surface area (Å²) in [6, 6.07) is 7.87. The van der Waals surface area contributed by atoms with Crippen LogP contribution >= 0.6 is 0 Å². The lowest BCUT2D eigenvalue weighted by Crippen LogP contribution is -2.40. The Labute approximate surface area is 95.2 Å². The van der Waals surface area contributed by atoms with Gasteiger partial charge in [0, 0.05) is 20.3 Å². The average molecular weight is 220 g/mol. The highest BCUT2D eigenvalue weighted by atomic mass is 16.5. The number of methoxy groups -OCH3 is 1. The van der Waals surface area contributed by atoms with Crippen molar-refractivity contribution in [3.8, 4) is 0 Å². The van der Waals surface area contributed by atoms with Crippen molar-refractivity contribution in [1.29, 1.82) is 0 Å². The SMILES string of the molecule is COCCCN1C(=O)CNc2ccccc21. The predicted octanol–water partition coefficient (Wildman–Crippen LogP) is 1.48. The van der Waals surface area contributed by atoms with Crippen molar-refractivity contribution in [3.63, 3.8) is 0 Å². The number of nitrogens with one attached hydrogen (secondary N) is 1. The maximum Gasteiger partial charge on any atom is 0.246 e. The van der Waals surface area contributed by atoms with Crippen LogP contribution in [0.5, 0.6) is 0 Å². The molecule has 1 aliphatic heterocycles. The minimum atomic E-state index is 0.120. The van der Waals surface area contributed by atoms with Crippen molar-refractivity contribution in [2.75, 3.05) is 37.0 Å². The number of benzene rings is 1. The molecule has 1 amide bonds. The Kier molecular flexibility index (Phi) is 3.41. The molecule has 0 aromatic heterocycles. The van der Waals surface area contributed by atoms with Crippen LogP contribution in [0.25, 0.3) is 0 Å². The number of ether oxygens (including phenoxy) is 1. The van der Waals surface area contributed by atoms with Gasteiger partial charge >= 0.3 is 0 Å². The van der Waals surface area contributed by atoms with Gasteiger partial charge in [0.15, 0.2) is 0 Å². The summed E-state index contributed by atoms with van der Waals surface area (Å²) in [6.07, 6.45) is 0.858. The number of para-hydroxylation sites is 2. The molecule has 4 heteroatoms. The van der Waals surface area contributed by atoms with Crippen LogP contribution in [-0.4, -0.2) is 32.7 Å². The van der Waals surface area contributed by atoms with E-state index in [0.29, 0.717) is 19.7 Å². The Hall–Kier alpha value is -1.55. The highest BCUT2D eigenvalue weighted by Gasteiger charge is 2.22. The fraction of sp³-hybridized carbons (Fsp3) is 0.417. The van der Waals surface area contributed by atoms with Gasteiger partial charge in [0.2, 0.25) is 5.91 Å². The smallest absolute Gasteiger partial charge is 0.246 e. The van der Waals surface area contributed by atoms with Gasteiger partial charge in [0.1, 0.15) is 0 Å². The molecule has 0 unspecified atom stereocenters. The maximum atomic E-state index is 11.8. The second-order valence-electron chi connectivity index (χ2n) is 3.76. The monoisotopic (exact) mass is 220 g/mol. The number of amides is 1. The molecule has 86 valence electrons. The molecule has 0 saturated carbocycles. The molecule has 0 bridgehead atoms. The molecule has 4 nitrogen and oxygen atoms in total. The van der Waals surface area contributed by atoms with Crippen molar-refractivity contribution in [3.05, 3.63) is 24.3 Å². The van der Waals surface area contributed by atoms with Gasteiger partial charge in [-0.2, -0.15) is 0 Å². The Bertz CT molecular complexity index is 379. The fourth-order valence-electron chi connectivity index (χ4n) is 1.87. The molecule has 0 radical (unpaired) electrons. The van der Waals surface area contributed by atoms with Crippen molar-refractivity contribution >= 4 is 17.3 Å². The van der Waals surface area contributed by atoms with Crippen molar-refractivity contribution in [2.24, 2.45) is 0 Å². The van der Waals surface area contributed by atoms with E-state index in [1.807, 2.05) is 29.2 Å². The highest BCUT2D eigenvalue weighted by molar-refractivity contribution is 6.02. The van der Waals surface area contributed by atoms with Gasteiger partial charge in [0.05, 0.1) is 17.9 Å². The summed E-state index contributed by atoms with van der Waals surface area (Å²) in [5.41, 5.74) is 1.99. The first-order valence-electron chi connectivity index (χ1n) is 5.45. The lowest BCUT2D eigenvalue weighted by molar-refractivity contribution is -0.117. The van der Waals surface area contributed by atoms with E-state index in [9.17, 15) is 4.79 Å². The minimum Gasteiger partial charge on any atom is -0.385 e. The van der Waals surface area contributed by atoms with Gasteiger partial charge in [0.25, 0.3) is 0 Å². The van der Waals surface area contributed by atoms with E-state index >= 15 is 0 Å². The van der Waals surface area contributed by atoms with Gasteiger partial charge < -0.3 is 15.0 Å². The molecule has 1 aliphatic rings. The Balaban J connectivity index is 2.13. The zero-order valence-electron chi connectivity index (χ0n) is 9.40. The third-order valence-electron chi connectivity index (χ3n) is 2.66. The molecular formula is C12H16N2O2. The second-order valence-corrected chi connectivity index (χ2v) is 3.76. The first kappa shape index (κ1) is 11.0. The standard InChI is InChI=1S/C12H16N2O2/c1-16-8-4-7-14-11-6-3-2-5-10(11)13-9-12(14)15/h2-3,5-6,13H,4,7-9H2,1H3. The fourth-order valence-corrected chi connectivity index (χ4v) is 1.87. The third-order valence-corrected chi connectivity index (χ3v) is 2.66. The number of anilines is 2. The van der Waals surface area contributed by atoms with Crippen LogP contribution < -0.4 is 10.2 Å². The molecule has 1 aromatic carbocycles. The number of nitrogens with zero attached hydrogens (tertiary/aromatic N) is 1. The van der Waals surface area contributed by atoms with Gasteiger partial charge in [-0.3, -0.25) is 4.79 Å². The topological polar surface area (TPSA) is 41.6 Å². The number of carbonyl (C=O) groups is 1. The quantitative estimate of drug-likeness (QED) is 0.781. The summed E-state index contributed by atoms with van der Waals surface area (Å²) in [6.45, 7) is 1.77. The van der Waals surface area contributed by atoms with E-state index in [1.54, 1.807) is 7.11 Å². The first-order chi connectivity index (χ1) is 7.83. The van der Waals surface area contributed by atoms with E-state index in [4.69, 9.17) is 4.74 Å². The van der Waals surface area contributed by atoms with Gasteiger partial charge in [-0.25, -0.2) is 0 Å². The summed E-state index contributed by atoms with van der Waals surface area (Å²) >= 11 is 0. The number of rotatable bonds is 4. The Morgan fingerprint density at radius 3 is 3.06 bits per heavy atom. The third kappa shape index (κ3) is 2.17. The zero-order valence-corrected chi connectivity index (χ0v) is 9.40. The lowest BCUT2D eigenvalue weighted by Gasteiger charge is -2.30. The van der Waals surface area contributed by atoms with Crippen LogP contribution in [0.2, 0.25) is 0 Å². The zero-order chi connectivity index (χ0) is 11.4. The van der Waals surface area contributed by atoms with Crippen molar-refractivity contribution in [2.45, 2.75) is 6.42 Å². The van der Waals surface area contributed by atoms with Crippen LogP contribution in [0.1, 0.15) is 6.42 Å². The van der Waals surface area contributed by atoms with Crippen LogP contribution in [0, 0.1) is 0 Å². The summed E-state index contributed by atoms with van der Waals surface area (Å²) in [5.74, 6) is 0.120. The van der Waals surface area contributed by atoms with E-state index in [0.717, 1.165) is 17.8 Å². The molecular weight excluding hydrogens is 204 g/mol. The summed E-state index contributed by atoms with van der Waals surface area (Å²) < 4.78 is 5.00. The predicted molar refractivity (Wildman–Crippen MR) is 63.8 cm³/mol. The maximum absolute atomic E-state index is 11.8. The summed E-state index contributed by atoms with van der Waals surface area (Å²) in [7, 11) is 1.67. The Morgan fingerprint density at radius 1 is 1.44 bits per heavy atom. The molecule has 1 heterocycles. The Morgan fingerprint density at radius 2 is 2.25 bits per heavy atom. The number of hydrogen-bond donors (Lipinski definition) is 1. The van der Waals surface area contributed by atoms with Crippen LogP contribution in [-0.2, 0) is 9.53 Å². The highest BCUT2D eigenvalue weighted by Crippen LogP contribution is 2.28. The summed E-state index contributed by atoms with van der Waals surface area (Å²) in [4.78, 5) is 13.6. The number of hydrogen-bond acceptors (Lipinski definition) is 3. The van der Waals surface area contributed by atoms with E-state index < -0.39 is 0 Å². The molecule has 1 N–H and O–H groups in total. The lowest BCUT2D eigenvalue weighted by atomic mass is 10.2. The molecule has 0 fully saturated rings. The normalized spacial score (nSPS) is 14.6. The largest absolute Gasteiger partial charge is 0.385 e. The number of fused-ring (bicyclic) bond motifs is 1. The van der Waals surface area contributed by atoms with Crippen LogP contribution in [0.4, 0.5) is 11.4 Å². The van der Waals surface area contributed by atoms with Crippen LogP contribution in [0.3, 0.4) is 0 Å². The van der Waals surface area contributed by atoms with Crippen molar-refractivity contribution in [1.82, 2.24) is 0 Å². The van der Waals surface area contributed by atoms with E-state index in [1.165, 1.54) is 0 Å². The molecule has 0 saturated heterocycles. The van der Waals surface area contributed by atoms with Gasteiger partial charge in [-0.05, 0) is 18.6 Å². The molecule has 0 spiro atoms. The summed E-state index contributed by atoms with van der Waals surface area (Å²) in [5, 5.41) is 3.11. The average Bonchev–Trinajstić information content (AvgIpc) is 2.32. The molecule has 2 rings (SSSR count). The molecule has 0 aliphatic carbocycles. The molecule has 16 heavy (non-hydrogen) atoms. The van der Waals surface area contributed by atoms with Gasteiger partial charge in [-0.15, -0.1) is 0 Å². The van der Waals surface area contributed by atoms with Crippen LogP contribution in [0.15, 0.2) is 24.3 Å². The molecule has 1 aromatic rings. The van der Waals surface area contributed by atoms with E-state index in [-0.39, 0.29) is 5.91 Å². The van der Waals surface area contributed by atoms with Gasteiger partial charge in [-0.1, -0.05) is 12.1 Å². The minimum absolute atomic E-state index is 0.120. The number of carbonyl (C=O) groups excluding carboxylic acids is 1.